The van der Waals surface area contributed by atoms with E-state index in [-0.39, 0.29) is 35.5 Å². The van der Waals surface area contributed by atoms with Gasteiger partial charge in [-0.05, 0) is 44.7 Å². The number of hydrogen-bond acceptors (Lipinski definition) is 8. The van der Waals surface area contributed by atoms with Gasteiger partial charge in [-0.3, -0.25) is 9.35 Å². The van der Waals surface area contributed by atoms with Gasteiger partial charge >= 0.3 is 17.8 Å². The molecule has 1 aromatic heterocycles. The molecule has 0 bridgehead atoms. The van der Waals surface area contributed by atoms with Crippen LogP contribution >= 0.6 is 0 Å². The van der Waals surface area contributed by atoms with Crippen molar-refractivity contribution in [2.75, 3.05) is 17.2 Å². The van der Waals surface area contributed by atoms with Gasteiger partial charge in [0.15, 0.2) is 0 Å². The molecular weight excluding hydrogens is 569 g/mol. The number of anilines is 1. The van der Waals surface area contributed by atoms with Crippen molar-refractivity contribution >= 4 is 44.2 Å². The normalized spacial score (nSPS) is 17.2. The van der Waals surface area contributed by atoms with Crippen LogP contribution in [0.4, 0.5) is 18.9 Å². The van der Waals surface area contributed by atoms with Crippen molar-refractivity contribution in [3.05, 3.63) is 58.1 Å². The van der Waals surface area contributed by atoms with Crippen molar-refractivity contribution in [2.24, 2.45) is 0 Å². The molecule has 0 radical (unpaired) electrons. The third kappa shape index (κ3) is 6.81. The molecule has 1 amide bonds. The quantitative estimate of drug-likeness (QED) is 0.245. The van der Waals surface area contributed by atoms with E-state index >= 15 is 0 Å². The molecule has 2 aliphatic heterocycles. The van der Waals surface area contributed by atoms with Crippen molar-refractivity contribution in [3.63, 3.8) is 0 Å². The maximum absolute atomic E-state index is 13.7. The van der Waals surface area contributed by atoms with Gasteiger partial charge < -0.3 is 14.2 Å². The van der Waals surface area contributed by atoms with Crippen LogP contribution in [0, 0.1) is 0 Å². The zero-order valence-electron chi connectivity index (χ0n) is 22.4. The Morgan fingerprint density at radius 2 is 1.85 bits per heavy atom. The molecule has 0 aliphatic carbocycles. The summed E-state index contributed by atoms with van der Waals surface area (Å²) >= 11 is 0. The van der Waals surface area contributed by atoms with Gasteiger partial charge in [0.25, 0.3) is 16.0 Å². The number of carbonyl (C=O) groups excluding carboxylic acids is 2. The van der Waals surface area contributed by atoms with E-state index in [0.717, 1.165) is 11.1 Å². The Morgan fingerprint density at radius 1 is 1.15 bits per heavy atom. The fraction of sp³-hybridized carbons (Fsp3) is 0.444. The fourth-order valence-corrected chi connectivity index (χ4v) is 5.77. The van der Waals surface area contributed by atoms with Gasteiger partial charge in [0.2, 0.25) is 0 Å². The number of rotatable bonds is 9. The maximum atomic E-state index is 13.7. The highest BCUT2D eigenvalue weighted by Gasteiger charge is 2.37. The van der Waals surface area contributed by atoms with E-state index < -0.39 is 50.1 Å². The number of nitrogens with zero attached hydrogens (tertiary/aromatic N) is 2. The van der Waals surface area contributed by atoms with E-state index in [1.54, 1.807) is 19.9 Å². The molecule has 222 valence electrons. The molecule has 0 spiro atoms. The average molecular weight is 599 g/mol. The number of allylic oxidation sites excluding steroid dienone is 1. The molecule has 3 heterocycles. The van der Waals surface area contributed by atoms with E-state index in [9.17, 15) is 40.5 Å². The Balaban J connectivity index is 1.58. The molecule has 0 unspecified atom stereocenters. The van der Waals surface area contributed by atoms with Crippen LogP contribution in [-0.2, 0) is 30.7 Å². The molecule has 41 heavy (non-hydrogen) atoms. The van der Waals surface area contributed by atoms with Crippen molar-refractivity contribution in [3.8, 4) is 0 Å². The van der Waals surface area contributed by atoms with Crippen molar-refractivity contribution < 1.29 is 45.0 Å². The van der Waals surface area contributed by atoms with Gasteiger partial charge in [0.05, 0.1) is 16.8 Å². The van der Waals surface area contributed by atoms with Crippen LogP contribution in [0.25, 0.3) is 16.5 Å². The van der Waals surface area contributed by atoms with Crippen LogP contribution in [0.5, 0.6) is 0 Å². The zero-order valence-corrected chi connectivity index (χ0v) is 23.2. The Labute approximate surface area is 233 Å². The van der Waals surface area contributed by atoms with Crippen molar-refractivity contribution in [2.45, 2.75) is 64.1 Å². The van der Waals surface area contributed by atoms with Gasteiger partial charge in [0.1, 0.15) is 11.3 Å². The van der Waals surface area contributed by atoms with E-state index in [1.165, 1.54) is 6.07 Å². The third-order valence-electron chi connectivity index (χ3n) is 6.96. The van der Waals surface area contributed by atoms with Gasteiger partial charge in [-0.15, -0.1) is 5.06 Å². The molecule has 4 rings (SSSR count). The van der Waals surface area contributed by atoms with Gasteiger partial charge in [-0.25, -0.2) is 9.59 Å². The van der Waals surface area contributed by atoms with Crippen LogP contribution in [0.3, 0.4) is 0 Å². The summed E-state index contributed by atoms with van der Waals surface area (Å²) in [5.74, 6) is -1.74. The molecule has 1 N–H and O–H groups in total. The third-order valence-corrected chi connectivity index (χ3v) is 7.64. The second-order valence-electron chi connectivity index (χ2n) is 10.6. The predicted octanol–water partition coefficient (Wildman–Crippen LogP) is 4.84. The van der Waals surface area contributed by atoms with E-state index in [2.05, 4.69) is 6.58 Å². The van der Waals surface area contributed by atoms with E-state index in [0.29, 0.717) is 49.7 Å². The number of hydroxylamine groups is 2. The van der Waals surface area contributed by atoms with Crippen LogP contribution < -0.4 is 10.5 Å². The Bertz CT molecular complexity index is 1590. The summed E-state index contributed by atoms with van der Waals surface area (Å²) in [6, 6.07) is 2.74. The number of amides is 1. The number of halogens is 3. The van der Waals surface area contributed by atoms with Gasteiger partial charge in [-0.1, -0.05) is 19.1 Å². The molecule has 0 atom stereocenters. The highest BCUT2D eigenvalue weighted by molar-refractivity contribution is 7.86. The SMILES string of the molecule is C=C1CCC(=O)N1OC(=O)CCCCCN1c2cc3oc(=O)cc(C(F)(F)F)c3cc2C(CS(=O)(=O)O)=CC1(C)C. The lowest BCUT2D eigenvalue weighted by atomic mass is 9.87. The highest BCUT2D eigenvalue weighted by Crippen LogP contribution is 2.44. The zero-order chi connectivity index (χ0) is 30.3. The first-order valence-corrected chi connectivity index (χ1v) is 14.4. The van der Waals surface area contributed by atoms with Crippen molar-refractivity contribution in [1.82, 2.24) is 5.06 Å². The Morgan fingerprint density at radius 3 is 2.46 bits per heavy atom. The number of alkyl halides is 3. The Kier molecular flexibility index (Phi) is 8.11. The molecule has 1 saturated heterocycles. The largest absolute Gasteiger partial charge is 0.423 e. The fourth-order valence-electron chi connectivity index (χ4n) is 5.14. The van der Waals surface area contributed by atoms with Crippen molar-refractivity contribution in [1.29, 1.82) is 0 Å². The minimum atomic E-state index is -4.88. The molecular formula is C27H29F3N2O8S. The number of benzene rings is 1. The number of unbranched alkanes of at least 4 members (excludes halogenated alkanes) is 2. The van der Waals surface area contributed by atoms with Crippen LogP contribution in [0.2, 0.25) is 0 Å². The maximum Gasteiger partial charge on any atom is 0.417 e. The van der Waals surface area contributed by atoms with E-state index in [1.807, 2.05) is 4.90 Å². The molecule has 0 saturated carbocycles. The lowest BCUT2D eigenvalue weighted by Crippen LogP contribution is -2.46. The smallest absolute Gasteiger partial charge is 0.417 e. The lowest BCUT2D eigenvalue weighted by molar-refractivity contribution is -0.186. The first kappa shape index (κ1) is 30.3. The summed E-state index contributed by atoms with van der Waals surface area (Å²) in [5.41, 5.74) is -2.58. The molecule has 10 nitrogen and oxygen atoms in total. The molecule has 1 fully saturated rings. The second-order valence-corrected chi connectivity index (χ2v) is 12.0. The molecule has 2 aliphatic rings. The summed E-state index contributed by atoms with van der Waals surface area (Å²) < 4.78 is 79.4. The summed E-state index contributed by atoms with van der Waals surface area (Å²) in [6.45, 7) is 7.57. The first-order chi connectivity index (χ1) is 19.0. The summed E-state index contributed by atoms with van der Waals surface area (Å²) in [5, 5.41) is 0.494. The van der Waals surface area contributed by atoms with Crippen LogP contribution in [-0.4, -0.2) is 47.7 Å². The minimum absolute atomic E-state index is 0.0471. The first-order valence-electron chi connectivity index (χ1n) is 12.8. The number of carbonyl (C=O) groups is 2. The summed E-state index contributed by atoms with van der Waals surface area (Å²) in [4.78, 5) is 42.8. The molecule has 1 aromatic carbocycles. The average Bonchev–Trinajstić information content (AvgIpc) is 3.14. The monoisotopic (exact) mass is 598 g/mol. The number of hydrogen-bond donors (Lipinski definition) is 1. The van der Waals surface area contributed by atoms with Gasteiger partial charge in [-0.2, -0.15) is 21.6 Å². The second kappa shape index (κ2) is 11.0. The standard InChI is InChI=1S/C27H29F3N2O8S/c1-16-8-9-23(33)32(16)40-24(34)7-5-4-6-10-31-21-13-22-19(20(27(28,29)30)12-25(35)39-22)11-18(21)17(14-26(31,2)3)15-41(36,37)38/h11-14H,1,4-10,15H2,2-3H3,(H,36,37,38). The summed E-state index contributed by atoms with van der Waals surface area (Å²) in [7, 11) is -4.54. The molecule has 2 aromatic rings. The highest BCUT2D eigenvalue weighted by atomic mass is 32.2. The van der Waals surface area contributed by atoms with E-state index in [4.69, 9.17) is 9.25 Å². The van der Waals surface area contributed by atoms with Gasteiger partial charge in [0, 0.05) is 48.2 Å². The molecule has 14 heteroatoms. The van der Waals surface area contributed by atoms with Crippen LogP contribution in [0.1, 0.15) is 63.5 Å². The topological polar surface area (TPSA) is 134 Å². The minimum Gasteiger partial charge on any atom is -0.423 e. The Hall–Kier alpha value is -3.65. The summed E-state index contributed by atoms with van der Waals surface area (Å²) in [6.07, 6.45) is -1.10. The van der Waals surface area contributed by atoms with Crippen LogP contribution in [0.15, 0.2) is 45.8 Å². The lowest BCUT2D eigenvalue weighted by Gasteiger charge is -2.44. The number of fused-ring (bicyclic) bond motifs is 2. The predicted molar refractivity (Wildman–Crippen MR) is 143 cm³/mol.